The smallest absolute Gasteiger partial charge is 0.165 e. The molecule has 0 saturated carbocycles. The maximum absolute atomic E-state index is 12.8. The van der Waals surface area contributed by atoms with Gasteiger partial charge in [0.2, 0.25) is 0 Å². The van der Waals surface area contributed by atoms with Crippen LogP contribution in [0.3, 0.4) is 0 Å². The first-order chi connectivity index (χ1) is 13.0. The molecule has 27 heavy (non-hydrogen) atoms. The van der Waals surface area contributed by atoms with E-state index in [1.807, 2.05) is 24.3 Å². The lowest BCUT2D eigenvalue weighted by molar-refractivity contribution is -0.311. The highest BCUT2D eigenvalue weighted by Crippen LogP contribution is 2.38. The molecule has 1 heterocycles. The summed E-state index contributed by atoms with van der Waals surface area (Å²) in [7, 11) is 1.42. The molecule has 1 saturated heterocycles. The molecule has 1 aromatic rings. The quantitative estimate of drug-likeness (QED) is 0.788. The second-order valence-corrected chi connectivity index (χ2v) is 6.52. The Labute approximate surface area is 158 Å². The fraction of sp³-hybridized carbons (Fsp3) is 0.400. The zero-order valence-electron chi connectivity index (χ0n) is 15.4. The maximum Gasteiger partial charge on any atom is 0.165 e. The second-order valence-electron chi connectivity index (χ2n) is 6.52. The molecular weight excluding hydrogens is 348 g/mol. The number of allylic oxidation sites excluding steroid dienone is 2. The number of benzene rings is 1. The van der Waals surface area contributed by atoms with Crippen molar-refractivity contribution in [3.8, 4) is 0 Å². The van der Waals surface area contributed by atoms with Gasteiger partial charge in [0.1, 0.15) is 5.76 Å². The van der Waals surface area contributed by atoms with E-state index in [1.165, 1.54) is 20.1 Å². The van der Waals surface area contributed by atoms with E-state index < -0.39 is 17.4 Å². The van der Waals surface area contributed by atoms with Crippen molar-refractivity contribution in [3.63, 3.8) is 0 Å². The van der Waals surface area contributed by atoms with Crippen molar-refractivity contribution in [2.45, 2.75) is 12.5 Å². The van der Waals surface area contributed by atoms with E-state index >= 15 is 0 Å². The van der Waals surface area contributed by atoms with Crippen LogP contribution in [0.1, 0.15) is 6.92 Å². The van der Waals surface area contributed by atoms with Crippen LogP contribution in [0.2, 0.25) is 0 Å². The number of carboxylic acids is 1. The molecule has 2 aliphatic rings. The van der Waals surface area contributed by atoms with Crippen LogP contribution in [0.15, 0.2) is 48.3 Å². The van der Waals surface area contributed by atoms with Crippen LogP contribution in [-0.2, 0) is 19.1 Å². The van der Waals surface area contributed by atoms with Gasteiger partial charge in [0.15, 0.2) is 11.3 Å². The molecule has 1 N–H and O–H groups in total. The zero-order valence-corrected chi connectivity index (χ0v) is 15.4. The van der Waals surface area contributed by atoms with Gasteiger partial charge in [-0.05, 0) is 25.1 Å². The monoisotopic (exact) mass is 371 g/mol. The van der Waals surface area contributed by atoms with Crippen LogP contribution in [0, 0.1) is 5.92 Å². The Morgan fingerprint density at radius 3 is 2.63 bits per heavy atom. The van der Waals surface area contributed by atoms with Gasteiger partial charge in [0.25, 0.3) is 0 Å². The highest BCUT2D eigenvalue weighted by molar-refractivity contribution is 5.99. The van der Waals surface area contributed by atoms with Crippen molar-refractivity contribution in [1.82, 2.24) is 0 Å². The lowest BCUT2D eigenvalue weighted by Crippen LogP contribution is -2.59. The normalized spacial score (nSPS) is 24.9. The number of morpholine rings is 1. The number of anilines is 2. The third-order valence-electron chi connectivity index (χ3n) is 5.02. The van der Waals surface area contributed by atoms with E-state index in [0.29, 0.717) is 32.0 Å². The molecule has 1 aliphatic heterocycles. The lowest BCUT2D eigenvalue weighted by atomic mass is 9.75. The van der Waals surface area contributed by atoms with Gasteiger partial charge in [-0.1, -0.05) is 24.3 Å². The Hall–Kier alpha value is -2.80. The predicted octanol–water partition coefficient (Wildman–Crippen LogP) is 0.729. The first-order valence-electron chi connectivity index (χ1n) is 8.85. The van der Waals surface area contributed by atoms with Crippen LogP contribution in [0.25, 0.3) is 0 Å². The van der Waals surface area contributed by atoms with Crippen LogP contribution < -0.4 is 15.3 Å². The van der Waals surface area contributed by atoms with Crippen molar-refractivity contribution in [3.05, 3.63) is 48.3 Å². The SMILES string of the molecule is COC1=CC=CC(C(=O)[O-])C1(Nc1ccccc1N1CCOCC1)C(C)=O. The molecule has 0 amide bonds. The fourth-order valence-corrected chi connectivity index (χ4v) is 3.66. The number of Topliss-reactive ketones (excluding diaryl/α,β-unsaturated/α-hetero) is 1. The van der Waals surface area contributed by atoms with Crippen molar-refractivity contribution >= 4 is 23.1 Å². The summed E-state index contributed by atoms with van der Waals surface area (Å²) in [5.74, 6) is -2.68. The summed E-state index contributed by atoms with van der Waals surface area (Å²) in [5, 5.41) is 15.0. The molecule has 2 unspecified atom stereocenters. The Morgan fingerprint density at radius 2 is 2.00 bits per heavy atom. The minimum atomic E-state index is -1.58. The number of carboxylic acid groups (broad SMARTS) is 1. The number of rotatable bonds is 6. The van der Waals surface area contributed by atoms with Gasteiger partial charge in [0.05, 0.1) is 43.6 Å². The van der Waals surface area contributed by atoms with E-state index in [-0.39, 0.29) is 11.5 Å². The van der Waals surface area contributed by atoms with Gasteiger partial charge < -0.3 is 29.6 Å². The third kappa shape index (κ3) is 3.42. The highest BCUT2D eigenvalue weighted by Gasteiger charge is 2.49. The van der Waals surface area contributed by atoms with E-state index in [1.54, 1.807) is 12.2 Å². The van der Waals surface area contributed by atoms with E-state index in [9.17, 15) is 14.7 Å². The summed E-state index contributed by atoms with van der Waals surface area (Å²) in [4.78, 5) is 26.7. The highest BCUT2D eigenvalue weighted by atomic mass is 16.5. The Morgan fingerprint density at radius 1 is 1.30 bits per heavy atom. The minimum absolute atomic E-state index is 0.239. The van der Waals surface area contributed by atoms with Crippen molar-refractivity contribution in [2.75, 3.05) is 43.6 Å². The lowest BCUT2D eigenvalue weighted by Gasteiger charge is -2.42. The minimum Gasteiger partial charge on any atom is -0.549 e. The zero-order chi connectivity index (χ0) is 19.4. The first kappa shape index (κ1) is 19.0. The second kappa shape index (κ2) is 7.84. The Balaban J connectivity index is 2.07. The number of hydrogen-bond donors (Lipinski definition) is 1. The van der Waals surface area contributed by atoms with Gasteiger partial charge in [-0.25, -0.2) is 0 Å². The van der Waals surface area contributed by atoms with Crippen LogP contribution in [0.5, 0.6) is 0 Å². The Bertz CT molecular complexity index is 782. The average Bonchev–Trinajstić information content (AvgIpc) is 2.68. The number of ketones is 1. The topological polar surface area (TPSA) is 90.9 Å². The van der Waals surface area contributed by atoms with Gasteiger partial charge >= 0.3 is 0 Å². The number of methoxy groups -OCH3 is 1. The third-order valence-corrected chi connectivity index (χ3v) is 5.02. The molecule has 1 aliphatic carbocycles. The molecular formula is C20H23N2O5-. The number of nitrogens with zero attached hydrogens (tertiary/aromatic N) is 1. The number of nitrogens with one attached hydrogen (secondary N) is 1. The number of aliphatic carboxylic acids is 1. The summed E-state index contributed by atoms with van der Waals surface area (Å²) >= 11 is 0. The summed E-state index contributed by atoms with van der Waals surface area (Å²) in [6.07, 6.45) is 4.62. The number of ether oxygens (including phenoxy) is 2. The molecule has 3 rings (SSSR count). The molecule has 1 aromatic carbocycles. The number of hydrogen-bond acceptors (Lipinski definition) is 7. The number of carbonyl (C=O) groups excluding carboxylic acids is 2. The van der Waals surface area contributed by atoms with Crippen LogP contribution >= 0.6 is 0 Å². The van der Waals surface area contributed by atoms with Crippen LogP contribution in [0.4, 0.5) is 11.4 Å². The van der Waals surface area contributed by atoms with Crippen LogP contribution in [-0.4, -0.2) is 50.7 Å². The van der Waals surface area contributed by atoms with Gasteiger partial charge in [-0.2, -0.15) is 0 Å². The van der Waals surface area contributed by atoms with Crippen molar-refractivity contribution < 1.29 is 24.2 Å². The molecule has 0 bridgehead atoms. The molecule has 144 valence electrons. The molecule has 0 radical (unpaired) electrons. The Kier molecular flexibility index (Phi) is 5.51. The van der Waals surface area contributed by atoms with E-state index in [4.69, 9.17) is 9.47 Å². The summed E-state index contributed by atoms with van der Waals surface area (Å²) in [6.45, 7) is 4.00. The number of para-hydroxylation sites is 2. The molecule has 7 heteroatoms. The summed E-state index contributed by atoms with van der Waals surface area (Å²) in [6, 6.07) is 7.50. The fourth-order valence-electron chi connectivity index (χ4n) is 3.66. The number of carbonyl (C=O) groups is 2. The molecule has 2 atom stereocenters. The average molecular weight is 371 g/mol. The van der Waals surface area contributed by atoms with Gasteiger partial charge in [-0.3, -0.25) is 4.79 Å². The van der Waals surface area contributed by atoms with Crippen molar-refractivity contribution in [1.29, 1.82) is 0 Å². The molecule has 7 nitrogen and oxygen atoms in total. The van der Waals surface area contributed by atoms with Gasteiger partial charge in [0, 0.05) is 13.1 Å². The summed E-state index contributed by atoms with van der Waals surface area (Å²) < 4.78 is 10.8. The van der Waals surface area contributed by atoms with Crippen molar-refractivity contribution in [2.24, 2.45) is 5.92 Å². The maximum atomic E-state index is 12.8. The van der Waals surface area contributed by atoms with E-state index in [0.717, 1.165) is 5.69 Å². The first-order valence-corrected chi connectivity index (χ1v) is 8.85. The standard InChI is InChI=1S/C20H24N2O5/c1-14(23)20(15(19(24)25)6-5-9-18(20)26-2)21-16-7-3-4-8-17(16)22-10-12-27-13-11-22/h3-9,15,21H,10-13H2,1-2H3,(H,24,25)/p-1. The molecule has 0 spiro atoms. The van der Waals surface area contributed by atoms with Gasteiger partial charge in [-0.15, -0.1) is 0 Å². The predicted molar refractivity (Wildman–Crippen MR) is 99.2 cm³/mol. The molecule has 1 fully saturated rings. The summed E-state index contributed by atoms with van der Waals surface area (Å²) in [5.41, 5.74) is -0.0484. The molecule has 0 aromatic heterocycles. The van der Waals surface area contributed by atoms with E-state index in [2.05, 4.69) is 10.2 Å². The largest absolute Gasteiger partial charge is 0.549 e.